The number of hydrogen-bond donors (Lipinski definition) is 1. The van der Waals surface area contributed by atoms with Crippen LogP contribution in [0.3, 0.4) is 0 Å². The van der Waals surface area contributed by atoms with Gasteiger partial charge in [0.25, 0.3) is 0 Å². The van der Waals surface area contributed by atoms with Gasteiger partial charge in [-0.05, 0) is 38.0 Å². The van der Waals surface area contributed by atoms with E-state index in [9.17, 15) is 0 Å². The van der Waals surface area contributed by atoms with Crippen molar-refractivity contribution in [2.24, 2.45) is 0 Å². The largest absolute Gasteiger partial charge is 0.353 e. The molecule has 1 aliphatic heterocycles. The zero-order valence-electron chi connectivity index (χ0n) is 16.5. The summed E-state index contributed by atoms with van der Waals surface area (Å²) in [7, 11) is 0. The Balaban J connectivity index is 1.60. The number of ether oxygens (including phenoxy) is 1. The smallest absolute Gasteiger partial charge is 0.225 e. The standard InChI is InChI=1S/C23H26N4O/c1-17(18-10-6-4-7-11-18)25-22-24-15-14-20(26-22)27-16-28-23(2,3)21(27)19-12-8-5-9-13-19/h4-15,17,21H,16H2,1-3H3,(H,24,25,26)/t17-,21-/m0/s1. The van der Waals surface area contributed by atoms with E-state index in [4.69, 9.17) is 9.72 Å². The number of anilines is 2. The molecule has 2 aromatic carbocycles. The number of hydrogen-bond acceptors (Lipinski definition) is 5. The van der Waals surface area contributed by atoms with Crippen molar-refractivity contribution in [3.63, 3.8) is 0 Å². The average Bonchev–Trinajstić information content (AvgIpc) is 3.04. The second kappa shape index (κ2) is 7.60. The Hall–Kier alpha value is -2.92. The van der Waals surface area contributed by atoms with Crippen LogP contribution in [0.15, 0.2) is 72.9 Å². The fourth-order valence-corrected chi connectivity index (χ4v) is 3.78. The molecule has 2 atom stereocenters. The molecule has 5 heteroatoms. The third-order valence-electron chi connectivity index (χ3n) is 5.24. The molecule has 0 saturated carbocycles. The first-order valence-corrected chi connectivity index (χ1v) is 9.65. The highest BCUT2D eigenvalue weighted by molar-refractivity contribution is 5.48. The Morgan fingerprint density at radius 3 is 2.43 bits per heavy atom. The SMILES string of the molecule is C[C@H](Nc1nccc(N2COC(C)(C)[C@@H]2c2ccccc2)n1)c1ccccc1. The van der Waals surface area contributed by atoms with E-state index in [1.807, 2.05) is 30.3 Å². The molecule has 0 spiro atoms. The van der Waals surface area contributed by atoms with Gasteiger partial charge in [0.1, 0.15) is 12.5 Å². The lowest BCUT2D eigenvalue weighted by molar-refractivity contribution is 0.0271. The molecule has 2 heterocycles. The molecule has 1 fully saturated rings. The van der Waals surface area contributed by atoms with Gasteiger partial charge in [0.05, 0.1) is 17.7 Å². The van der Waals surface area contributed by atoms with Crippen LogP contribution in [-0.2, 0) is 4.74 Å². The second-order valence-electron chi connectivity index (χ2n) is 7.68. The van der Waals surface area contributed by atoms with E-state index >= 15 is 0 Å². The van der Waals surface area contributed by atoms with Gasteiger partial charge in [0.15, 0.2) is 0 Å². The molecule has 1 aliphatic rings. The number of rotatable bonds is 5. The van der Waals surface area contributed by atoms with Crippen molar-refractivity contribution in [2.45, 2.75) is 38.5 Å². The molecular formula is C23H26N4O. The molecule has 0 unspecified atom stereocenters. The van der Waals surface area contributed by atoms with Gasteiger partial charge >= 0.3 is 0 Å². The monoisotopic (exact) mass is 374 g/mol. The highest BCUT2D eigenvalue weighted by atomic mass is 16.5. The van der Waals surface area contributed by atoms with Gasteiger partial charge in [-0.3, -0.25) is 0 Å². The summed E-state index contributed by atoms with van der Waals surface area (Å²) in [5, 5.41) is 3.41. The maximum atomic E-state index is 6.11. The zero-order chi connectivity index (χ0) is 19.6. The number of nitrogens with one attached hydrogen (secondary N) is 1. The molecule has 1 aromatic heterocycles. The Morgan fingerprint density at radius 2 is 1.71 bits per heavy atom. The zero-order valence-corrected chi connectivity index (χ0v) is 16.5. The third-order valence-corrected chi connectivity index (χ3v) is 5.24. The summed E-state index contributed by atoms with van der Waals surface area (Å²) in [6, 6.07) is 22.9. The van der Waals surface area contributed by atoms with E-state index in [-0.39, 0.29) is 17.7 Å². The summed E-state index contributed by atoms with van der Waals surface area (Å²) in [4.78, 5) is 11.4. The number of benzene rings is 2. The molecule has 0 amide bonds. The fraction of sp³-hybridized carbons (Fsp3) is 0.304. The van der Waals surface area contributed by atoms with Crippen LogP contribution in [0.1, 0.15) is 44.0 Å². The average molecular weight is 374 g/mol. The predicted octanol–water partition coefficient (Wildman–Crippen LogP) is 4.96. The van der Waals surface area contributed by atoms with Crippen LogP contribution in [0.2, 0.25) is 0 Å². The Bertz CT molecular complexity index is 914. The first-order valence-electron chi connectivity index (χ1n) is 9.65. The molecule has 5 nitrogen and oxygen atoms in total. The molecule has 0 bridgehead atoms. The van der Waals surface area contributed by atoms with Gasteiger partial charge in [0, 0.05) is 6.20 Å². The molecule has 1 saturated heterocycles. The molecule has 0 aliphatic carbocycles. The molecule has 1 N–H and O–H groups in total. The lowest BCUT2D eigenvalue weighted by Gasteiger charge is -2.31. The highest BCUT2D eigenvalue weighted by Gasteiger charge is 2.43. The van der Waals surface area contributed by atoms with Gasteiger partial charge in [-0.25, -0.2) is 4.98 Å². The van der Waals surface area contributed by atoms with E-state index in [1.54, 1.807) is 6.20 Å². The Morgan fingerprint density at radius 1 is 1.04 bits per heavy atom. The highest BCUT2D eigenvalue weighted by Crippen LogP contribution is 2.42. The summed E-state index contributed by atoms with van der Waals surface area (Å²) >= 11 is 0. The van der Waals surface area contributed by atoms with Crippen molar-refractivity contribution >= 4 is 11.8 Å². The van der Waals surface area contributed by atoms with Gasteiger partial charge in [-0.2, -0.15) is 4.98 Å². The topological polar surface area (TPSA) is 50.3 Å². The molecule has 144 valence electrons. The lowest BCUT2D eigenvalue weighted by Crippen LogP contribution is -2.33. The number of aromatic nitrogens is 2. The lowest BCUT2D eigenvalue weighted by atomic mass is 9.91. The first-order chi connectivity index (χ1) is 13.5. The van der Waals surface area contributed by atoms with Crippen molar-refractivity contribution < 1.29 is 4.74 Å². The van der Waals surface area contributed by atoms with Gasteiger partial charge in [-0.15, -0.1) is 0 Å². The summed E-state index contributed by atoms with van der Waals surface area (Å²) in [5.74, 6) is 1.47. The quantitative estimate of drug-likeness (QED) is 0.684. The van der Waals surface area contributed by atoms with Crippen LogP contribution < -0.4 is 10.2 Å². The van der Waals surface area contributed by atoms with E-state index < -0.39 is 0 Å². The maximum absolute atomic E-state index is 6.11. The molecular weight excluding hydrogens is 348 g/mol. The van der Waals surface area contributed by atoms with Crippen molar-refractivity contribution in [3.8, 4) is 0 Å². The van der Waals surface area contributed by atoms with E-state index in [1.165, 1.54) is 11.1 Å². The van der Waals surface area contributed by atoms with E-state index in [0.29, 0.717) is 12.7 Å². The van der Waals surface area contributed by atoms with Gasteiger partial charge in [0.2, 0.25) is 5.95 Å². The van der Waals surface area contributed by atoms with Gasteiger partial charge < -0.3 is 15.0 Å². The van der Waals surface area contributed by atoms with Crippen LogP contribution in [0.5, 0.6) is 0 Å². The van der Waals surface area contributed by atoms with E-state index in [0.717, 1.165) is 5.82 Å². The summed E-state index contributed by atoms with van der Waals surface area (Å²) in [5.41, 5.74) is 2.11. The van der Waals surface area contributed by atoms with Crippen molar-refractivity contribution in [1.82, 2.24) is 9.97 Å². The molecule has 4 rings (SSSR count). The van der Waals surface area contributed by atoms with Crippen molar-refractivity contribution in [3.05, 3.63) is 84.1 Å². The third kappa shape index (κ3) is 3.71. The maximum Gasteiger partial charge on any atom is 0.225 e. The summed E-state index contributed by atoms with van der Waals surface area (Å²) < 4.78 is 6.11. The number of nitrogens with zero attached hydrogens (tertiary/aromatic N) is 3. The second-order valence-corrected chi connectivity index (χ2v) is 7.68. The minimum Gasteiger partial charge on any atom is -0.353 e. The van der Waals surface area contributed by atoms with Crippen LogP contribution >= 0.6 is 0 Å². The summed E-state index contributed by atoms with van der Waals surface area (Å²) in [6.07, 6.45) is 1.80. The molecule has 3 aromatic rings. The summed E-state index contributed by atoms with van der Waals surface area (Å²) in [6.45, 7) is 6.86. The van der Waals surface area contributed by atoms with Crippen molar-refractivity contribution in [2.75, 3.05) is 16.9 Å². The van der Waals surface area contributed by atoms with Crippen LogP contribution in [-0.4, -0.2) is 22.3 Å². The minimum absolute atomic E-state index is 0.0861. The van der Waals surface area contributed by atoms with Gasteiger partial charge in [-0.1, -0.05) is 60.7 Å². The molecule has 28 heavy (non-hydrogen) atoms. The Labute approximate surface area is 166 Å². The fourth-order valence-electron chi connectivity index (χ4n) is 3.78. The van der Waals surface area contributed by atoms with Crippen molar-refractivity contribution in [1.29, 1.82) is 0 Å². The van der Waals surface area contributed by atoms with Crippen LogP contribution in [0, 0.1) is 0 Å². The molecule has 0 radical (unpaired) electrons. The van der Waals surface area contributed by atoms with Crippen LogP contribution in [0.4, 0.5) is 11.8 Å². The predicted molar refractivity (Wildman–Crippen MR) is 112 cm³/mol. The van der Waals surface area contributed by atoms with E-state index in [2.05, 4.69) is 72.4 Å². The minimum atomic E-state index is -0.308. The first kappa shape index (κ1) is 18.4. The van der Waals surface area contributed by atoms with Crippen LogP contribution in [0.25, 0.3) is 0 Å². The normalized spacial score (nSPS) is 19.4. The Kier molecular flexibility index (Phi) is 5.01.